The highest BCUT2D eigenvalue weighted by Crippen LogP contribution is 2.36. The summed E-state index contributed by atoms with van der Waals surface area (Å²) >= 11 is 0. The van der Waals surface area contributed by atoms with Gasteiger partial charge < -0.3 is 23.3 Å². The van der Waals surface area contributed by atoms with Crippen LogP contribution in [0.5, 0.6) is 11.5 Å². The lowest BCUT2D eigenvalue weighted by Crippen LogP contribution is -2.08. The summed E-state index contributed by atoms with van der Waals surface area (Å²) in [7, 11) is 0. The van der Waals surface area contributed by atoms with E-state index in [9.17, 15) is 4.79 Å². The molecule has 28 heavy (non-hydrogen) atoms. The van der Waals surface area contributed by atoms with Crippen LogP contribution in [0.25, 0.3) is 22.3 Å². The molecule has 3 heterocycles. The minimum atomic E-state index is -0.424. The van der Waals surface area contributed by atoms with Crippen molar-refractivity contribution in [1.82, 2.24) is 10.3 Å². The zero-order chi connectivity index (χ0) is 18.9. The topological polar surface area (TPSA) is 96.8 Å². The van der Waals surface area contributed by atoms with Crippen LogP contribution in [-0.2, 0) is 22.6 Å². The van der Waals surface area contributed by atoms with Crippen LogP contribution >= 0.6 is 0 Å². The third kappa shape index (κ3) is 3.05. The van der Waals surface area contributed by atoms with Crippen molar-refractivity contribution < 1.29 is 28.1 Å². The number of benzene rings is 2. The second-order valence-corrected chi connectivity index (χ2v) is 6.21. The summed E-state index contributed by atoms with van der Waals surface area (Å²) < 4.78 is 26.5. The van der Waals surface area contributed by atoms with Gasteiger partial charge in [0.15, 0.2) is 22.8 Å². The first kappa shape index (κ1) is 16.4. The molecule has 2 aromatic heterocycles. The molecule has 1 aliphatic heterocycles. The Kier molecular flexibility index (Phi) is 3.93. The molecule has 0 aliphatic carbocycles. The predicted molar refractivity (Wildman–Crippen MR) is 95.6 cm³/mol. The van der Waals surface area contributed by atoms with Gasteiger partial charge in [0.25, 0.3) is 0 Å². The van der Waals surface area contributed by atoms with Crippen LogP contribution < -0.4 is 9.47 Å². The molecular formula is C20H14N2O6. The average Bonchev–Trinajstić information content (AvgIpc) is 3.46. The largest absolute Gasteiger partial charge is 0.459 e. The quantitative estimate of drug-likeness (QED) is 0.487. The fourth-order valence-corrected chi connectivity index (χ4v) is 2.97. The van der Waals surface area contributed by atoms with Gasteiger partial charge in [-0.3, -0.25) is 4.79 Å². The minimum absolute atomic E-state index is 0.00265. The number of fused-ring (bicyclic) bond motifs is 2. The lowest BCUT2D eigenvalue weighted by atomic mass is 10.1. The molecule has 0 bridgehead atoms. The molecule has 5 rings (SSSR count). The highest BCUT2D eigenvalue weighted by molar-refractivity contribution is 5.84. The molecule has 0 amide bonds. The van der Waals surface area contributed by atoms with Gasteiger partial charge in [-0.05, 0) is 30.3 Å². The maximum Gasteiger partial charge on any atom is 0.312 e. The maximum atomic E-state index is 12.1. The molecule has 0 unspecified atom stereocenters. The van der Waals surface area contributed by atoms with Crippen molar-refractivity contribution in [2.45, 2.75) is 13.0 Å². The molecule has 0 atom stereocenters. The lowest BCUT2D eigenvalue weighted by Gasteiger charge is -2.00. The predicted octanol–water partition coefficient (Wildman–Crippen LogP) is 3.50. The Balaban J connectivity index is 1.23. The van der Waals surface area contributed by atoms with Crippen molar-refractivity contribution in [3.05, 3.63) is 59.9 Å². The van der Waals surface area contributed by atoms with E-state index in [0.717, 1.165) is 10.9 Å². The minimum Gasteiger partial charge on any atom is -0.459 e. The average molecular weight is 378 g/mol. The molecule has 0 N–H and O–H groups in total. The van der Waals surface area contributed by atoms with Gasteiger partial charge >= 0.3 is 5.97 Å². The summed E-state index contributed by atoms with van der Waals surface area (Å²) in [6.07, 6.45) is 0.0177. The maximum absolute atomic E-state index is 12.1. The van der Waals surface area contributed by atoms with E-state index < -0.39 is 5.97 Å². The van der Waals surface area contributed by atoms with Crippen LogP contribution in [0.15, 0.2) is 57.6 Å². The Morgan fingerprint density at radius 3 is 2.86 bits per heavy atom. The number of carbonyl (C=O) groups excluding carboxylic acids is 1. The van der Waals surface area contributed by atoms with Crippen molar-refractivity contribution in [2.24, 2.45) is 0 Å². The highest BCUT2D eigenvalue weighted by Gasteiger charge is 2.17. The summed E-state index contributed by atoms with van der Waals surface area (Å²) in [6, 6.07) is 14.5. The van der Waals surface area contributed by atoms with Crippen LogP contribution in [0, 0.1) is 0 Å². The number of carbonyl (C=O) groups is 1. The van der Waals surface area contributed by atoms with Crippen LogP contribution in [0.3, 0.4) is 0 Å². The number of esters is 1. The molecule has 8 nitrogen and oxygen atoms in total. The first-order chi connectivity index (χ1) is 13.8. The summed E-state index contributed by atoms with van der Waals surface area (Å²) in [5.41, 5.74) is 2.48. The molecule has 0 saturated heterocycles. The summed E-state index contributed by atoms with van der Waals surface area (Å²) in [5.74, 6) is 1.47. The number of nitrogens with zero attached hydrogens (tertiary/aromatic N) is 2. The second-order valence-electron chi connectivity index (χ2n) is 6.21. The van der Waals surface area contributed by atoms with Crippen molar-refractivity contribution >= 4 is 16.9 Å². The van der Waals surface area contributed by atoms with Gasteiger partial charge in [-0.15, -0.1) is 0 Å². The normalized spacial score (nSPS) is 12.4. The molecule has 0 spiro atoms. The van der Waals surface area contributed by atoms with Gasteiger partial charge in [0.2, 0.25) is 6.79 Å². The van der Waals surface area contributed by atoms with Gasteiger partial charge in [0.1, 0.15) is 18.0 Å². The molecule has 0 fully saturated rings. The van der Waals surface area contributed by atoms with Gasteiger partial charge in [0.05, 0.1) is 6.42 Å². The lowest BCUT2D eigenvalue weighted by molar-refractivity contribution is -0.144. The Hall–Kier alpha value is -3.81. The van der Waals surface area contributed by atoms with Crippen molar-refractivity contribution in [1.29, 1.82) is 0 Å². The molecule has 0 radical (unpaired) electrons. The summed E-state index contributed by atoms with van der Waals surface area (Å²) in [4.78, 5) is 12.1. The smallest absolute Gasteiger partial charge is 0.312 e. The van der Waals surface area contributed by atoms with Crippen molar-refractivity contribution in [2.75, 3.05) is 6.79 Å². The second kappa shape index (κ2) is 6.73. The Labute approximate surface area is 158 Å². The molecule has 140 valence electrons. The first-order valence-electron chi connectivity index (χ1n) is 8.61. The van der Waals surface area contributed by atoms with Crippen LogP contribution in [0.1, 0.15) is 11.4 Å². The van der Waals surface area contributed by atoms with Gasteiger partial charge in [-0.1, -0.05) is 22.4 Å². The molecule has 4 aromatic rings. The van der Waals surface area contributed by atoms with E-state index >= 15 is 0 Å². The summed E-state index contributed by atoms with van der Waals surface area (Å²) in [5, 5.41) is 8.67. The van der Waals surface area contributed by atoms with E-state index in [-0.39, 0.29) is 19.8 Å². The van der Waals surface area contributed by atoms with Crippen molar-refractivity contribution in [3.63, 3.8) is 0 Å². The van der Waals surface area contributed by atoms with Gasteiger partial charge in [-0.2, -0.15) is 0 Å². The SMILES string of the molecule is O=C(Cc1noc2ccccc12)OCc1cc(-c2ccc3c(c2)OCO3)on1. The number of ether oxygens (including phenoxy) is 3. The molecule has 8 heteroatoms. The highest BCUT2D eigenvalue weighted by atomic mass is 16.7. The van der Waals surface area contributed by atoms with Crippen molar-refractivity contribution in [3.8, 4) is 22.8 Å². The van der Waals surface area contributed by atoms with E-state index in [1.807, 2.05) is 36.4 Å². The Bertz CT molecular complexity index is 1160. The van der Waals surface area contributed by atoms with Crippen LogP contribution in [0.2, 0.25) is 0 Å². The zero-order valence-electron chi connectivity index (χ0n) is 14.6. The van der Waals surface area contributed by atoms with E-state index in [1.165, 1.54) is 0 Å². The molecule has 1 aliphatic rings. The first-order valence-corrected chi connectivity index (χ1v) is 8.61. The van der Waals surface area contributed by atoms with Gasteiger partial charge in [-0.25, -0.2) is 0 Å². The van der Waals surface area contributed by atoms with E-state index in [4.69, 9.17) is 23.3 Å². The van der Waals surface area contributed by atoms with E-state index in [1.54, 1.807) is 12.1 Å². The number of para-hydroxylation sites is 1. The number of aromatic nitrogens is 2. The number of hydrogen-bond donors (Lipinski definition) is 0. The fraction of sp³-hybridized carbons (Fsp3) is 0.150. The van der Waals surface area contributed by atoms with E-state index in [2.05, 4.69) is 10.3 Å². The Morgan fingerprint density at radius 2 is 1.89 bits per heavy atom. The van der Waals surface area contributed by atoms with Gasteiger partial charge in [0, 0.05) is 17.0 Å². The third-order valence-electron chi connectivity index (χ3n) is 4.36. The zero-order valence-corrected chi connectivity index (χ0v) is 14.6. The number of rotatable bonds is 5. The van der Waals surface area contributed by atoms with Crippen LogP contribution in [0.4, 0.5) is 0 Å². The standard InChI is InChI=1S/C20H14N2O6/c23-20(9-15-14-3-1-2-4-16(14)27-22-15)24-10-13-8-18(28-21-13)12-5-6-17-19(7-12)26-11-25-17/h1-8H,9-11H2. The monoisotopic (exact) mass is 378 g/mol. The molecule has 2 aromatic carbocycles. The van der Waals surface area contributed by atoms with Crippen LogP contribution in [-0.4, -0.2) is 23.1 Å². The summed E-state index contributed by atoms with van der Waals surface area (Å²) in [6.45, 7) is 0.208. The molecular weight excluding hydrogens is 364 g/mol. The Morgan fingerprint density at radius 1 is 1.00 bits per heavy atom. The fourth-order valence-electron chi connectivity index (χ4n) is 2.97. The molecule has 0 saturated carbocycles. The third-order valence-corrected chi connectivity index (χ3v) is 4.36. The van der Waals surface area contributed by atoms with E-state index in [0.29, 0.717) is 34.2 Å². The number of hydrogen-bond acceptors (Lipinski definition) is 8.